The molecule has 0 aliphatic heterocycles. The van der Waals surface area contributed by atoms with E-state index in [0.29, 0.717) is 38.8 Å². The molecule has 1 aliphatic rings. The molecular weight excluding hydrogens is 456 g/mol. The zero-order valence-electron chi connectivity index (χ0n) is 20.5. The summed E-state index contributed by atoms with van der Waals surface area (Å²) in [6, 6.07) is 0.820. The van der Waals surface area contributed by atoms with Crippen LogP contribution >= 0.6 is 0 Å². The van der Waals surface area contributed by atoms with E-state index in [0.717, 1.165) is 6.04 Å². The Morgan fingerprint density at radius 1 is 1.21 bits per heavy atom. The van der Waals surface area contributed by atoms with Crippen molar-refractivity contribution >= 4 is 30.9 Å². The first-order valence-corrected chi connectivity index (χ1v) is 15.5. The van der Waals surface area contributed by atoms with Crippen LogP contribution in [0.3, 0.4) is 0 Å². The Labute approximate surface area is 200 Å². The van der Waals surface area contributed by atoms with Crippen molar-refractivity contribution in [3.63, 3.8) is 0 Å². The van der Waals surface area contributed by atoms with E-state index in [9.17, 15) is 19.5 Å². The van der Waals surface area contributed by atoms with Crippen LogP contribution in [-0.4, -0.2) is 76.2 Å². The van der Waals surface area contributed by atoms with Crippen LogP contribution in [0.4, 0.5) is 0 Å². The quantitative estimate of drug-likeness (QED) is 0.385. The van der Waals surface area contributed by atoms with Crippen molar-refractivity contribution in [1.82, 2.24) is 19.2 Å². The first-order valence-electron chi connectivity index (χ1n) is 11.8. The van der Waals surface area contributed by atoms with Gasteiger partial charge >= 0.3 is 5.97 Å². The van der Waals surface area contributed by atoms with Crippen LogP contribution in [0, 0.1) is 5.92 Å². The molecule has 0 atom stereocenters. The Hall–Kier alpha value is -2.50. The molecule has 2 aromatic rings. The fourth-order valence-corrected chi connectivity index (χ4v) is 5.13. The molecule has 0 radical (unpaired) electrons. The molecule has 0 spiro atoms. The summed E-state index contributed by atoms with van der Waals surface area (Å²) in [7, 11) is 0.445. The number of hydrogen-bond donors (Lipinski definition) is 2. The van der Waals surface area contributed by atoms with Crippen molar-refractivity contribution in [3.8, 4) is 0 Å². The molecule has 0 unspecified atom stereocenters. The van der Waals surface area contributed by atoms with Gasteiger partial charge in [-0.2, -0.15) is 5.10 Å². The number of carboxylic acids is 1. The first-order chi connectivity index (χ1) is 16.0. The number of aromatic nitrogens is 3. The number of likely N-dealkylation sites (N-methyl/N-ethyl adjacent to an activating group) is 1. The number of rotatable bonds is 10. The largest absolute Gasteiger partial charge is 0.478 e. The number of fused-ring (bicyclic) bond motifs is 1. The summed E-state index contributed by atoms with van der Waals surface area (Å²) >= 11 is 0. The van der Waals surface area contributed by atoms with E-state index < -0.39 is 14.0 Å². The molecule has 1 amide bonds. The average molecular weight is 493 g/mol. The number of hydrogen-bond acceptors (Lipinski definition) is 6. The van der Waals surface area contributed by atoms with E-state index in [-0.39, 0.29) is 53.2 Å². The second kappa shape index (κ2) is 10.8. The van der Waals surface area contributed by atoms with Crippen LogP contribution in [0.25, 0.3) is 10.9 Å². The predicted molar refractivity (Wildman–Crippen MR) is 131 cm³/mol. The van der Waals surface area contributed by atoms with Crippen molar-refractivity contribution in [2.75, 3.05) is 26.8 Å². The van der Waals surface area contributed by atoms with Crippen LogP contribution in [-0.2, 0) is 16.3 Å². The Kier molecular flexibility index (Phi) is 8.32. The lowest BCUT2D eigenvalue weighted by molar-refractivity contribution is -0.135. The molecule has 0 aromatic carbocycles. The predicted octanol–water partition coefficient (Wildman–Crippen LogP) is 2.39. The lowest BCUT2D eigenvalue weighted by Gasteiger charge is -2.31. The third-order valence-corrected chi connectivity index (χ3v) is 8.16. The normalized spacial score (nSPS) is 18.9. The van der Waals surface area contributed by atoms with Gasteiger partial charge < -0.3 is 24.4 Å². The van der Waals surface area contributed by atoms with Crippen molar-refractivity contribution in [2.45, 2.75) is 64.1 Å². The van der Waals surface area contributed by atoms with Crippen molar-refractivity contribution in [2.24, 2.45) is 5.92 Å². The van der Waals surface area contributed by atoms with Gasteiger partial charge in [0.2, 0.25) is 5.91 Å². The molecular formula is C23H36N4O6Si. The lowest BCUT2D eigenvalue weighted by Crippen LogP contribution is -2.37. The number of pyridine rings is 1. The van der Waals surface area contributed by atoms with E-state index in [2.05, 4.69) is 24.7 Å². The van der Waals surface area contributed by atoms with Crippen LogP contribution < -0.4 is 5.56 Å². The smallest absolute Gasteiger partial charge is 0.339 e. The molecule has 34 heavy (non-hydrogen) atoms. The molecule has 1 aliphatic carbocycles. The molecule has 0 saturated heterocycles. The third kappa shape index (κ3) is 6.13. The maximum Gasteiger partial charge on any atom is 0.339 e. The van der Waals surface area contributed by atoms with E-state index in [1.807, 2.05) is 0 Å². The van der Waals surface area contributed by atoms with E-state index in [1.165, 1.54) is 20.3 Å². The summed E-state index contributed by atoms with van der Waals surface area (Å²) in [6.45, 7) is 7.75. The van der Waals surface area contributed by atoms with Crippen molar-refractivity contribution in [1.29, 1.82) is 0 Å². The SMILES string of the molecule is CN(CCO)C(=O)C1CCC(n2cc(C(=O)O)c3nn(COCC[Si](C)(C)C)cc3c2=O)CC1. The maximum absolute atomic E-state index is 13.3. The van der Waals surface area contributed by atoms with Crippen LogP contribution in [0.5, 0.6) is 0 Å². The van der Waals surface area contributed by atoms with Gasteiger partial charge in [-0.25, -0.2) is 9.48 Å². The van der Waals surface area contributed by atoms with Crippen LogP contribution in [0.1, 0.15) is 42.1 Å². The highest BCUT2D eigenvalue weighted by Gasteiger charge is 2.30. The van der Waals surface area contributed by atoms with Crippen molar-refractivity contribution < 1.29 is 24.5 Å². The van der Waals surface area contributed by atoms with Gasteiger partial charge in [-0.15, -0.1) is 0 Å². The van der Waals surface area contributed by atoms with E-state index in [1.54, 1.807) is 13.2 Å². The molecule has 1 saturated carbocycles. The Morgan fingerprint density at radius 2 is 1.88 bits per heavy atom. The second-order valence-corrected chi connectivity index (χ2v) is 15.9. The highest BCUT2D eigenvalue weighted by Crippen LogP contribution is 2.33. The van der Waals surface area contributed by atoms with E-state index >= 15 is 0 Å². The topological polar surface area (TPSA) is 127 Å². The summed E-state index contributed by atoms with van der Waals surface area (Å²) in [5, 5.41) is 23.4. The number of aliphatic hydroxyl groups excluding tert-OH is 1. The molecule has 2 N–H and O–H groups in total. The first kappa shape index (κ1) is 26.1. The van der Waals surface area contributed by atoms with Crippen LogP contribution in [0.15, 0.2) is 17.2 Å². The Balaban J connectivity index is 1.78. The second-order valence-electron chi connectivity index (χ2n) is 10.3. The number of aliphatic hydroxyl groups is 1. The number of ether oxygens (including phenoxy) is 1. The zero-order chi connectivity index (χ0) is 25.0. The van der Waals surface area contributed by atoms with Gasteiger partial charge in [-0.1, -0.05) is 19.6 Å². The van der Waals surface area contributed by atoms with Crippen molar-refractivity contribution in [3.05, 3.63) is 28.3 Å². The maximum atomic E-state index is 13.3. The van der Waals surface area contributed by atoms with Gasteiger partial charge in [0.1, 0.15) is 17.8 Å². The standard InChI is InChI=1S/C23H36N4O6Si/c1-25(9-10-28)21(29)16-5-7-17(8-6-16)27-14-19(23(31)32)20-18(22(27)30)13-26(24-20)15-33-11-12-34(2,3)4/h13-14,16-17,28H,5-12,15H2,1-4H3,(H,31,32). The molecule has 3 rings (SSSR count). The number of amides is 1. The number of nitrogens with zero attached hydrogens (tertiary/aromatic N) is 4. The zero-order valence-corrected chi connectivity index (χ0v) is 21.5. The van der Waals surface area contributed by atoms with Gasteiger partial charge in [-0.05, 0) is 31.7 Å². The minimum absolute atomic E-state index is 0.00284. The van der Waals surface area contributed by atoms with Crippen LogP contribution in [0.2, 0.25) is 25.7 Å². The Morgan fingerprint density at radius 3 is 2.47 bits per heavy atom. The van der Waals surface area contributed by atoms with Gasteiger partial charge in [0, 0.05) is 52.6 Å². The number of aromatic carboxylic acids is 1. The average Bonchev–Trinajstić information content (AvgIpc) is 3.20. The minimum Gasteiger partial charge on any atom is -0.478 e. The number of carbonyl (C=O) groups excluding carboxylic acids is 1. The summed E-state index contributed by atoms with van der Waals surface area (Å²) in [5.41, 5.74) is -0.131. The molecule has 0 bridgehead atoms. The summed E-state index contributed by atoms with van der Waals surface area (Å²) < 4.78 is 8.70. The lowest BCUT2D eigenvalue weighted by atomic mass is 9.85. The molecule has 11 heteroatoms. The number of carbonyl (C=O) groups is 2. The molecule has 2 heterocycles. The fraction of sp³-hybridized carbons (Fsp3) is 0.652. The monoisotopic (exact) mass is 492 g/mol. The fourth-order valence-electron chi connectivity index (χ4n) is 4.38. The van der Waals surface area contributed by atoms with Gasteiger partial charge in [0.05, 0.1) is 12.0 Å². The summed E-state index contributed by atoms with van der Waals surface area (Å²) in [6.07, 6.45) is 5.37. The summed E-state index contributed by atoms with van der Waals surface area (Å²) in [4.78, 5) is 39.3. The highest BCUT2D eigenvalue weighted by atomic mass is 28.3. The molecule has 10 nitrogen and oxygen atoms in total. The highest BCUT2D eigenvalue weighted by molar-refractivity contribution is 6.76. The van der Waals surface area contributed by atoms with E-state index in [4.69, 9.17) is 9.84 Å². The Bertz CT molecular complexity index is 1080. The summed E-state index contributed by atoms with van der Waals surface area (Å²) in [5.74, 6) is -1.29. The number of carboxylic acid groups (broad SMARTS) is 1. The third-order valence-electron chi connectivity index (χ3n) is 6.45. The van der Waals surface area contributed by atoms with Gasteiger partial charge in [0.15, 0.2) is 0 Å². The van der Waals surface area contributed by atoms with Gasteiger partial charge in [0.25, 0.3) is 5.56 Å². The minimum atomic E-state index is -1.23. The molecule has 1 fully saturated rings. The molecule has 2 aromatic heterocycles. The molecule has 188 valence electrons. The van der Waals surface area contributed by atoms with Gasteiger partial charge in [-0.3, -0.25) is 9.59 Å².